The molecule has 2 N–H and O–H groups in total. The Balaban J connectivity index is 1.67. The van der Waals surface area contributed by atoms with E-state index in [4.69, 9.17) is 5.26 Å². The maximum absolute atomic E-state index is 11.8. The second-order valence-electron chi connectivity index (χ2n) is 5.61. The third kappa shape index (κ3) is 4.75. The molecule has 0 radical (unpaired) electrons. The molecule has 0 atom stereocenters. The molecule has 1 saturated carbocycles. The maximum Gasteiger partial charge on any atom is 0.220 e. The number of carbonyl (C=O) groups excluding carboxylic acids is 1. The summed E-state index contributed by atoms with van der Waals surface area (Å²) in [4.78, 5) is 16.0. The Hall–Kier alpha value is -2.09. The van der Waals surface area contributed by atoms with Crippen LogP contribution in [0.25, 0.3) is 0 Å². The van der Waals surface area contributed by atoms with Gasteiger partial charge in [0.05, 0.1) is 0 Å². The lowest BCUT2D eigenvalue weighted by Gasteiger charge is -2.10. The van der Waals surface area contributed by atoms with Crippen LogP contribution in [0.2, 0.25) is 0 Å². The normalized spacial score (nSPS) is 14.7. The first-order valence-electron chi connectivity index (χ1n) is 7.57. The summed E-state index contributed by atoms with van der Waals surface area (Å²) in [6.07, 6.45) is 5.56. The largest absolute Gasteiger partial charge is 0.368 e. The summed E-state index contributed by atoms with van der Waals surface area (Å²) < 4.78 is 0. The van der Waals surface area contributed by atoms with E-state index in [0.717, 1.165) is 5.56 Å². The average Bonchev–Trinajstić information content (AvgIpc) is 2.98. The monoisotopic (exact) mass is 286 g/mol. The summed E-state index contributed by atoms with van der Waals surface area (Å²) in [6.45, 7) is 3.04. The van der Waals surface area contributed by atoms with Crippen molar-refractivity contribution in [1.82, 2.24) is 10.3 Å². The van der Waals surface area contributed by atoms with Crippen molar-refractivity contribution in [2.45, 2.75) is 39.0 Å². The van der Waals surface area contributed by atoms with Crippen molar-refractivity contribution in [3.63, 3.8) is 0 Å². The van der Waals surface area contributed by atoms with Gasteiger partial charge in [0.1, 0.15) is 17.6 Å². The second kappa shape index (κ2) is 7.63. The summed E-state index contributed by atoms with van der Waals surface area (Å²) >= 11 is 0. The van der Waals surface area contributed by atoms with Gasteiger partial charge in [0, 0.05) is 19.5 Å². The van der Waals surface area contributed by atoms with Crippen LogP contribution in [0.4, 0.5) is 5.82 Å². The van der Waals surface area contributed by atoms with Gasteiger partial charge in [0.25, 0.3) is 0 Å². The van der Waals surface area contributed by atoms with Crippen LogP contribution in [-0.2, 0) is 4.79 Å². The quantitative estimate of drug-likeness (QED) is 0.787. The van der Waals surface area contributed by atoms with Gasteiger partial charge in [-0.2, -0.15) is 5.26 Å². The zero-order valence-corrected chi connectivity index (χ0v) is 12.5. The molecule has 0 unspecified atom stereocenters. The van der Waals surface area contributed by atoms with Crippen LogP contribution >= 0.6 is 0 Å². The first kappa shape index (κ1) is 15.3. The number of pyridine rings is 1. The Morgan fingerprint density at radius 2 is 2.14 bits per heavy atom. The van der Waals surface area contributed by atoms with E-state index in [1.165, 1.54) is 25.7 Å². The molecule has 112 valence electrons. The summed E-state index contributed by atoms with van der Waals surface area (Å²) in [5.41, 5.74) is 1.30. The third-order valence-electron chi connectivity index (χ3n) is 3.90. The Kier molecular flexibility index (Phi) is 5.56. The standard InChI is InChI=1S/C16H22N4O/c1-12-6-7-15(20-14(12)11-17)18-8-9-19-16(21)10-13-4-2-3-5-13/h6-7,13H,2-5,8-10H2,1H3,(H,18,20)(H,19,21). The predicted octanol–water partition coefficient (Wildman–Crippen LogP) is 2.37. The van der Waals surface area contributed by atoms with Crippen LogP contribution in [0, 0.1) is 24.2 Å². The molecule has 1 fully saturated rings. The van der Waals surface area contributed by atoms with Crippen LogP contribution < -0.4 is 10.6 Å². The molecule has 5 heteroatoms. The Labute approximate surface area is 125 Å². The zero-order chi connectivity index (χ0) is 15.1. The highest BCUT2D eigenvalue weighted by atomic mass is 16.1. The maximum atomic E-state index is 11.8. The highest BCUT2D eigenvalue weighted by molar-refractivity contribution is 5.76. The van der Waals surface area contributed by atoms with Gasteiger partial charge in [-0.3, -0.25) is 4.79 Å². The number of anilines is 1. The summed E-state index contributed by atoms with van der Waals surface area (Å²) in [6, 6.07) is 5.78. The van der Waals surface area contributed by atoms with Crippen LogP contribution in [-0.4, -0.2) is 24.0 Å². The van der Waals surface area contributed by atoms with E-state index in [1.807, 2.05) is 19.1 Å². The average molecular weight is 286 g/mol. The van der Waals surface area contributed by atoms with Gasteiger partial charge in [-0.25, -0.2) is 4.98 Å². The molecular weight excluding hydrogens is 264 g/mol. The lowest BCUT2D eigenvalue weighted by Crippen LogP contribution is -2.30. The zero-order valence-electron chi connectivity index (χ0n) is 12.5. The minimum absolute atomic E-state index is 0.137. The van der Waals surface area contributed by atoms with Crippen molar-refractivity contribution >= 4 is 11.7 Å². The van der Waals surface area contributed by atoms with E-state index in [2.05, 4.69) is 21.7 Å². The molecular formula is C16H22N4O. The number of carbonyl (C=O) groups is 1. The fourth-order valence-corrected chi connectivity index (χ4v) is 2.68. The highest BCUT2D eigenvalue weighted by Gasteiger charge is 2.17. The first-order valence-corrected chi connectivity index (χ1v) is 7.57. The minimum Gasteiger partial charge on any atom is -0.368 e. The number of rotatable bonds is 6. The van der Waals surface area contributed by atoms with E-state index in [1.54, 1.807) is 0 Å². The molecule has 5 nitrogen and oxygen atoms in total. The van der Waals surface area contributed by atoms with Crippen LogP contribution in [0.15, 0.2) is 12.1 Å². The van der Waals surface area contributed by atoms with Gasteiger partial charge in [0.2, 0.25) is 5.91 Å². The van der Waals surface area contributed by atoms with Crippen molar-refractivity contribution in [2.24, 2.45) is 5.92 Å². The second-order valence-corrected chi connectivity index (χ2v) is 5.61. The Bertz CT molecular complexity index is 530. The number of nitriles is 1. The van der Waals surface area contributed by atoms with E-state index >= 15 is 0 Å². The number of aryl methyl sites for hydroxylation is 1. The third-order valence-corrected chi connectivity index (χ3v) is 3.90. The lowest BCUT2D eigenvalue weighted by atomic mass is 10.0. The smallest absolute Gasteiger partial charge is 0.220 e. The number of hydrogen-bond donors (Lipinski definition) is 2. The summed E-state index contributed by atoms with van der Waals surface area (Å²) in [5, 5.41) is 15.0. The topological polar surface area (TPSA) is 77.8 Å². The van der Waals surface area contributed by atoms with Crippen LogP contribution in [0.5, 0.6) is 0 Å². The van der Waals surface area contributed by atoms with Crippen molar-refractivity contribution in [1.29, 1.82) is 5.26 Å². The molecule has 1 aliphatic carbocycles. The van der Waals surface area contributed by atoms with Gasteiger partial charge in [-0.15, -0.1) is 0 Å². The van der Waals surface area contributed by atoms with Crippen LogP contribution in [0.3, 0.4) is 0 Å². The fourth-order valence-electron chi connectivity index (χ4n) is 2.68. The van der Waals surface area contributed by atoms with Crippen molar-refractivity contribution in [3.05, 3.63) is 23.4 Å². The Morgan fingerprint density at radius 3 is 2.86 bits per heavy atom. The van der Waals surface area contributed by atoms with Gasteiger partial charge < -0.3 is 10.6 Å². The van der Waals surface area contributed by atoms with E-state index in [9.17, 15) is 4.79 Å². The summed E-state index contributed by atoms with van der Waals surface area (Å²) in [5.74, 6) is 1.38. The number of aromatic nitrogens is 1. The van der Waals surface area contributed by atoms with Crippen molar-refractivity contribution in [2.75, 3.05) is 18.4 Å². The molecule has 0 spiro atoms. The van der Waals surface area contributed by atoms with Gasteiger partial charge >= 0.3 is 0 Å². The summed E-state index contributed by atoms with van der Waals surface area (Å²) in [7, 11) is 0. The number of amides is 1. The molecule has 0 aliphatic heterocycles. The van der Waals surface area contributed by atoms with E-state index < -0.39 is 0 Å². The van der Waals surface area contributed by atoms with Gasteiger partial charge in [0.15, 0.2) is 0 Å². The molecule has 0 aromatic carbocycles. The lowest BCUT2D eigenvalue weighted by molar-refractivity contribution is -0.121. The molecule has 1 aromatic heterocycles. The van der Waals surface area contributed by atoms with Crippen molar-refractivity contribution < 1.29 is 4.79 Å². The first-order chi connectivity index (χ1) is 10.2. The minimum atomic E-state index is 0.137. The number of hydrogen-bond acceptors (Lipinski definition) is 4. The molecule has 1 amide bonds. The van der Waals surface area contributed by atoms with E-state index in [0.29, 0.717) is 36.9 Å². The molecule has 21 heavy (non-hydrogen) atoms. The molecule has 1 aliphatic rings. The molecule has 2 rings (SSSR count). The Morgan fingerprint density at radius 1 is 1.38 bits per heavy atom. The van der Waals surface area contributed by atoms with Crippen LogP contribution in [0.1, 0.15) is 43.4 Å². The van der Waals surface area contributed by atoms with Gasteiger partial charge in [-0.05, 0) is 37.3 Å². The molecule has 0 bridgehead atoms. The molecule has 1 aromatic rings. The molecule has 0 saturated heterocycles. The predicted molar refractivity (Wildman–Crippen MR) is 81.8 cm³/mol. The number of nitrogens with one attached hydrogen (secondary N) is 2. The SMILES string of the molecule is Cc1ccc(NCCNC(=O)CC2CCCC2)nc1C#N. The van der Waals surface area contributed by atoms with E-state index in [-0.39, 0.29) is 5.91 Å². The fraction of sp³-hybridized carbons (Fsp3) is 0.562. The number of nitrogens with zero attached hydrogens (tertiary/aromatic N) is 2. The van der Waals surface area contributed by atoms with Crippen molar-refractivity contribution in [3.8, 4) is 6.07 Å². The van der Waals surface area contributed by atoms with Gasteiger partial charge in [-0.1, -0.05) is 18.9 Å². The molecule has 1 heterocycles. The highest BCUT2D eigenvalue weighted by Crippen LogP contribution is 2.27.